The molecule has 0 aromatic carbocycles. The molecular formula is C16H23FeN5O4S2. The average molecular weight is 469 g/mol. The fraction of sp³-hybridized carbons (Fsp3) is 0.625. The topological polar surface area (TPSA) is 131 Å². The predicted molar refractivity (Wildman–Crippen MR) is 103 cm³/mol. The van der Waals surface area contributed by atoms with E-state index in [1.807, 2.05) is 19.1 Å². The van der Waals surface area contributed by atoms with Gasteiger partial charge in [-0.15, -0.1) is 5.10 Å². The van der Waals surface area contributed by atoms with Crippen LogP contribution in [0.1, 0.15) is 44.7 Å². The molecule has 1 saturated heterocycles. The molecule has 1 aromatic heterocycles. The molecule has 1 saturated carbocycles. The molecule has 1 N–H and O–H groups in total. The van der Waals surface area contributed by atoms with Gasteiger partial charge in [-0.05, 0) is 56.6 Å². The molecule has 156 valence electrons. The minimum Gasteiger partial charge on any atom is -0.741 e. The van der Waals surface area contributed by atoms with E-state index in [2.05, 4.69) is 25.3 Å². The van der Waals surface area contributed by atoms with Crippen molar-refractivity contribution in [3.05, 3.63) is 24.0 Å². The second kappa shape index (κ2) is 11.7. The summed E-state index contributed by atoms with van der Waals surface area (Å²) in [6.45, 7) is 3.96. The molecule has 1 aliphatic heterocycles. The third-order valence-corrected chi connectivity index (χ3v) is 5.00. The third-order valence-electron chi connectivity index (χ3n) is 4.66. The number of hydrogen-bond acceptors (Lipinski definition) is 8. The Kier molecular flexibility index (Phi) is 10.4. The normalized spacial score (nSPS) is 23.0. The molecule has 0 radical (unpaired) electrons. The number of aromatic nitrogens is 2. The molecule has 28 heavy (non-hydrogen) atoms. The number of hydrogen-bond donors (Lipinski definition) is 1. The van der Waals surface area contributed by atoms with Gasteiger partial charge < -0.3 is 22.1 Å². The van der Waals surface area contributed by atoms with Crippen LogP contribution in [0.2, 0.25) is 0 Å². The van der Waals surface area contributed by atoms with Gasteiger partial charge in [0, 0.05) is 24.5 Å². The molecule has 3 rings (SSSR count). The van der Waals surface area contributed by atoms with Gasteiger partial charge in [0.15, 0.2) is 0 Å². The molecule has 0 unspecified atom stereocenters. The Morgan fingerprint density at radius 2 is 1.82 bits per heavy atom. The summed E-state index contributed by atoms with van der Waals surface area (Å²) < 4.78 is 32.8. The van der Waals surface area contributed by atoms with E-state index in [4.69, 9.17) is 30.2 Å². The van der Waals surface area contributed by atoms with Crippen molar-refractivity contribution in [3.8, 4) is 0 Å². The van der Waals surface area contributed by atoms with Crippen molar-refractivity contribution in [2.45, 2.75) is 39.0 Å². The van der Waals surface area contributed by atoms with Gasteiger partial charge in [-0.1, -0.05) is 6.42 Å². The van der Waals surface area contributed by atoms with Crippen LogP contribution < -0.4 is 0 Å². The molecule has 0 amide bonds. The minimum atomic E-state index is -4.92. The summed E-state index contributed by atoms with van der Waals surface area (Å²) in [4.78, 5) is 2.25. The SMILES string of the molecule is C/C(=N\N=C(/[S-])N1C[C@@H]2CCC[C@@H](CC2)C1)c1cccnn1.O=S(=O)([O-])O.[Fe+2]. The summed E-state index contributed by atoms with van der Waals surface area (Å²) in [6, 6.07) is 3.72. The summed E-state index contributed by atoms with van der Waals surface area (Å²) in [6.07, 6.45) is 8.36. The van der Waals surface area contributed by atoms with Crippen LogP contribution in [0.5, 0.6) is 0 Å². The maximum atomic E-state index is 8.63. The van der Waals surface area contributed by atoms with Crippen molar-refractivity contribution in [2.24, 2.45) is 22.0 Å². The van der Waals surface area contributed by atoms with Crippen molar-refractivity contribution in [3.63, 3.8) is 0 Å². The Labute approximate surface area is 181 Å². The van der Waals surface area contributed by atoms with E-state index in [1.165, 1.54) is 32.1 Å². The third kappa shape index (κ3) is 9.35. The van der Waals surface area contributed by atoms with E-state index < -0.39 is 10.4 Å². The van der Waals surface area contributed by atoms with Crippen molar-refractivity contribution in [2.75, 3.05) is 13.1 Å². The molecule has 0 spiro atoms. The van der Waals surface area contributed by atoms with Crippen molar-refractivity contribution >= 4 is 33.9 Å². The monoisotopic (exact) mass is 469 g/mol. The van der Waals surface area contributed by atoms with Gasteiger partial charge in [0.1, 0.15) is 5.69 Å². The number of amidine groups is 1. The Bertz CT molecular complexity index is 754. The smallest absolute Gasteiger partial charge is 0.741 e. The van der Waals surface area contributed by atoms with E-state index in [-0.39, 0.29) is 17.1 Å². The van der Waals surface area contributed by atoms with Gasteiger partial charge >= 0.3 is 17.1 Å². The van der Waals surface area contributed by atoms with Crippen LogP contribution in [0.3, 0.4) is 0 Å². The zero-order valence-corrected chi connectivity index (χ0v) is 18.2. The molecule has 1 aromatic rings. The molecule has 2 heterocycles. The first-order chi connectivity index (χ1) is 12.7. The average Bonchev–Trinajstić information content (AvgIpc) is 2.93. The fourth-order valence-corrected chi connectivity index (χ4v) is 3.59. The van der Waals surface area contributed by atoms with Gasteiger partial charge in [0.2, 0.25) is 10.4 Å². The Morgan fingerprint density at radius 3 is 2.32 bits per heavy atom. The van der Waals surface area contributed by atoms with Crippen molar-refractivity contribution in [1.29, 1.82) is 0 Å². The number of fused-ring (bicyclic) bond motifs is 3. The quantitative estimate of drug-likeness (QED) is 0.132. The summed E-state index contributed by atoms with van der Waals surface area (Å²) in [7, 11) is -4.92. The largest absolute Gasteiger partial charge is 2.00 e. The molecule has 2 aliphatic rings. The fourth-order valence-electron chi connectivity index (χ4n) is 3.40. The van der Waals surface area contributed by atoms with Crippen LogP contribution in [0.4, 0.5) is 0 Å². The van der Waals surface area contributed by atoms with Crippen LogP contribution in [0, 0.1) is 11.8 Å². The maximum absolute atomic E-state index is 8.63. The molecule has 2 fully saturated rings. The van der Waals surface area contributed by atoms with E-state index in [9.17, 15) is 0 Å². The first kappa shape index (κ1) is 24.9. The standard InChI is InChI=1S/C16H23N5S.Fe.H2O4S/c1-12(15-6-3-9-17-19-15)18-20-16(22)21-10-13-4-2-5-14(11-21)8-7-13;;1-5(2,3)4/h3,6,9,13-14H,2,4-5,7-8,10-11H2,1H3,(H,20,22);;(H2,1,2,3,4)/q;+2;/p-2/b18-12+;;/t13-,14+;;. The van der Waals surface area contributed by atoms with Gasteiger partial charge in [-0.3, -0.25) is 4.55 Å². The van der Waals surface area contributed by atoms with Crippen molar-refractivity contribution in [1.82, 2.24) is 15.1 Å². The molecule has 2 bridgehead atoms. The van der Waals surface area contributed by atoms with Crippen LogP contribution in [-0.2, 0) is 40.1 Å². The molecule has 2 atom stereocenters. The zero-order valence-electron chi connectivity index (χ0n) is 15.4. The summed E-state index contributed by atoms with van der Waals surface area (Å²) >= 11 is 5.50. The van der Waals surface area contributed by atoms with E-state index >= 15 is 0 Å². The van der Waals surface area contributed by atoms with E-state index in [0.717, 1.165) is 36.3 Å². The van der Waals surface area contributed by atoms with Gasteiger partial charge in [-0.25, -0.2) is 8.42 Å². The molecule has 12 heteroatoms. The number of likely N-dealkylation sites (tertiary alicyclic amines) is 1. The van der Waals surface area contributed by atoms with Gasteiger partial charge in [-0.2, -0.15) is 15.3 Å². The summed E-state index contributed by atoms with van der Waals surface area (Å²) in [5.41, 5.74) is 1.48. The Balaban J connectivity index is 0.000000584. The number of nitrogens with zero attached hydrogens (tertiary/aromatic N) is 5. The second-order valence-corrected chi connectivity index (χ2v) is 7.97. The Morgan fingerprint density at radius 1 is 1.25 bits per heavy atom. The van der Waals surface area contributed by atoms with Gasteiger partial charge in [0.25, 0.3) is 0 Å². The van der Waals surface area contributed by atoms with Crippen LogP contribution in [-0.4, -0.2) is 56.6 Å². The van der Waals surface area contributed by atoms with Gasteiger partial charge in [0.05, 0.1) is 5.71 Å². The molecule has 9 nitrogen and oxygen atoms in total. The first-order valence-corrected chi connectivity index (χ1v) is 10.5. The molecular weight excluding hydrogens is 446 g/mol. The minimum absolute atomic E-state index is 0. The first-order valence-electron chi connectivity index (χ1n) is 8.73. The molecule has 1 aliphatic carbocycles. The van der Waals surface area contributed by atoms with Crippen LogP contribution >= 0.6 is 0 Å². The maximum Gasteiger partial charge on any atom is 2.00 e. The summed E-state index contributed by atoms with van der Waals surface area (Å²) in [5.74, 6) is 1.54. The van der Waals surface area contributed by atoms with E-state index in [1.54, 1.807) is 6.20 Å². The Hall–Kier alpha value is -1.17. The van der Waals surface area contributed by atoms with Crippen LogP contribution in [0.25, 0.3) is 0 Å². The second-order valence-electron chi connectivity index (χ2n) is 6.75. The van der Waals surface area contributed by atoms with Crippen molar-refractivity contribution < 1.29 is 34.6 Å². The predicted octanol–water partition coefficient (Wildman–Crippen LogP) is 1.62. The summed E-state index contributed by atoms with van der Waals surface area (Å²) in [5, 5.41) is 17.0. The number of rotatable bonds is 2. The van der Waals surface area contributed by atoms with E-state index in [0.29, 0.717) is 5.17 Å². The van der Waals surface area contributed by atoms with Crippen LogP contribution in [0.15, 0.2) is 28.5 Å². The zero-order chi connectivity index (χ0) is 19.9.